The lowest BCUT2D eigenvalue weighted by atomic mass is 10.1. The first kappa shape index (κ1) is 10.4. The van der Waals surface area contributed by atoms with Gasteiger partial charge in [-0.15, -0.1) is 0 Å². The molecule has 2 heterocycles. The molecule has 2 aliphatic rings. The van der Waals surface area contributed by atoms with Crippen LogP contribution in [-0.2, 0) is 0 Å². The molecule has 90 valence electrons. The Hall–Kier alpha value is -1.78. The van der Waals surface area contributed by atoms with Gasteiger partial charge >= 0.3 is 6.09 Å². The number of nitrogens with zero attached hydrogens (tertiary/aromatic N) is 2. The Kier molecular flexibility index (Phi) is 2.39. The van der Waals surface area contributed by atoms with Gasteiger partial charge in [0.25, 0.3) is 0 Å². The van der Waals surface area contributed by atoms with Crippen LogP contribution >= 0.6 is 0 Å². The highest BCUT2D eigenvalue weighted by atomic mass is 16.5. The zero-order chi connectivity index (χ0) is 11.8. The van der Waals surface area contributed by atoms with Gasteiger partial charge in [0.1, 0.15) is 6.10 Å². The van der Waals surface area contributed by atoms with Crippen molar-refractivity contribution in [3.63, 3.8) is 0 Å². The monoisotopic (exact) mass is 234 g/mol. The largest absolute Gasteiger partial charge is 0.472 e. The first-order valence-corrected chi connectivity index (χ1v) is 5.81. The van der Waals surface area contributed by atoms with Gasteiger partial charge < -0.3 is 14.7 Å². The molecule has 1 aliphatic heterocycles. The van der Waals surface area contributed by atoms with Crippen LogP contribution in [0.2, 0.25) is 0 Å². The minimum absolute atomic E-state index is 0.000457. The SMILES string of the molecule is O=C(O)N1CC2CC(Oc3ccccn3)C1C2. The summed E-state index contributed by atoms with van der Waals surface area (Å²) < 4.78 is 5.77. The molecule has 5 heteroatoms. The van der Waals surface area contributed by atoms with E-state index in [-0.39, 0.29) is 12.1 Å². The first-order valence-electron chi connectivity index (χ1n) is 5.81. The van der Waals surface area contributed by atoms with Crippen molar-refractivity contribution in [2.45, 2.75) is 25.0 Å². The van der Waals surface area contributed by atoms with Gasteiger partial charge in [0.05, 0.1) is 6.04 Å². The summed E-state index contributed by atoms with van der Waals surface area (Å²) in [5.41, 5.74) is 0. The molecule has 5 nitrogen and oxygen atoms in total. The van der Waals surface area contributed by atoms with Gasteiger partial charge in [0.15, 0.2) is 0 Å². The number of carbonyl (C=O) groups is 1. The second kappa shape index (κ2) is 3.91. The van der Waals surface area contributed by atoms with Gasteiger partial charge in [0.2, 0.25) is 5.88 Å². The van der Waals surface area contributed by atoms with Crippen molar-refractivity contribution in [1.82, 2.24) is 9.88 Å². The number of rotatable bonds is 2. The molecular formula is C12H14N2O3. The Labute approximate surface area is 99.0 Å². The smallest absolute Gasteiger partial charge is 0.407 e. The molecule has 2 bridgehead atoms. The fourth-order valence-corrected chi connectivity index (χ4v) is 2.88. The molecule has 1 saturated heterocycles. The number of hydrogen-bond donors (Lipinski definition) is 1. The number of carboxylic acid groups (broad SMARTS) is 1. The molecule has 1 N–H and O–H groups in total. The Balaban J connectivity index is 1.72. The van der Waals surface area contributed by atoms with Crippen molar-refractivity contribution in [3.8, 4) is 5.88 Å². The average Bonchev–Trinajstić information content (AvgIpc) is 2.89. The van der Waals surface area contributed by atoms with E-state index in [0.29, 0.717) is 18.3 Å². The summed E-state index contributed by atoms with van der Waals surface area (Å²) in [6.45, 7) is 0.655. The van der Waals surface area contributed by atoms with E-state index >= 15 is 0 Å². The Bertz CT molecular complexity index is 423. The summed E-state index contributed by atoms with van der Waals surface area (Å²) >= 11 is 0. The second-order valence-corrected chi connectivity index (χ2v) is 4.66. The van der Waals surface area contributed by atoms with Crippen molar-refractivity contribution in [1.29, 1.82) is 0 Å². The Morgan fingerprint density at radius 2 is 2.35 bits per heavy atom. The predicted molar refractivity (Wildman–Crippen MR) is 59.9 cm³/mol. The van der Waals surface area contributed by atoms with Gasteiger partial charge in [0, 0.05) is 18.8 Å². The minimum atomic E-state index is -0.841. The summed E-state index contributed by atoms with van der Waals surface area (Å²) in [7, 11) is 0. The predicted octanol–water partition coefficient (Wildman–Crippen LogP) is 1.60. The van der Waals surface area contributed by atoms with Crippen molar-refractivity contribution in [2.24, 2.45) is 5.92 Å². The summed E-state index contributed by atoms with van der Waals surface area (Å²) in [5.74, 6) is 1.03. The summed E-state index contributed by atoms with van der Waals surface area (Å²) in [6, 6.07) is 5.50. The van der Waals surface area contributed by atoms with E-state index < -0.39 is 6.09 Å². The first-order chi connectivity index (χ1) is 8.24. The van der Waals surface area contributed by atoms with Gasteiger partial charge in [-0.1, -0.05) is 6.07 Å². The Morgan fingerprint density at radius 3 is 3.00 bits per heavy atom. The lowest BCUT2D eigenvalue weighted by Crippen LogP contribution is -2.46. The van der Waals surface area contributed by atoms with E-state index in [0.717, 1.165) is 12.8 Å². The van der Waals surface area contributed by atoms with Crippen LogP contribution in [0.15, 0.2) is 24.4 Å². The van der Waals surface area contributed by atoms with Crippen LogP contribution in [0, 0.1) is 5.92 Å². The minimum Gasteiger partial charge on any atom is -0.472 e. The molecule has 0 radical (unpaired) electrons. The third kappa shape index (κ3) is 1.81. The maximum atomic E-state index is 11.0. The van der Waals surface area contributed by atoms with E-state index in [1.54, 1.807) is 12.3 Å². The number of hydrogen-bond acceptors (Lipinski definition) is 3. The summed E-state index contributed by atoms with van der Waals surface area (Å²) in [4.78, 5) is 16.7. The quantitative estimate of drug-likeness (QED) is 0.844. The lowest BCUT2D eigenvalue weighted by Gasteiger charge is -2.30. The van der Waals surface area contributed by atoms with E-state index in [2.05, 4.69) is 4.98 Å². The molecule has 0 spiro atoms. The fourth-order valence-electron chi connectivity index (χ4n) is 2.88. The molecule has 0 aromatic carbocycles. The highest BCUT2D eigenvalue weighted by Crippen LogP contribution is 2.39. The molecule has 3 atom stereocenters. The summed E-state index contributed by atoms with van der Waals surface area (Å²) in [6.07, 6.45) is 2.65. The van der Waals surface area contributed by atoms with Gasteiger partial charge in [-0.3, -0.25) is 0 Å². The maximum absolute atomic E-state index is 11.0. The molecule has 2 fully saturated rings. The Morgan fingerprint density at radius 1 is 1.47 bits per heavy atom. The topological polar surface area (TPSA) is 62.7 Å². The number of aromatic nitrogens is 1. The van der Waals surface area contributed by atoms with Crippen molar-refractivity contribution < 1.29 is 14.6 Å². The molecule has 1 amide bonds. The third-order valence-electron chi connectivity index (χ3n) is 3.58. The molecule has 3 unspecified atom stereocenters. The second-order valence-electron chi connectivity index (χ2n) is 4.66. The van der Waals surface area contributed by atoms with E-state index in [1.165, 1.54) is 4.90 Å². The molecule has 1 aromatic rings. The number of ether oxygens (including phenoxy) is 1. The number of amides is 1. The summed E-state index contributed by atoms with van der Waals surface area (Å²) in [5, 5.41) is 9.07. The van der Waals surface area contributed by atoms with Crippen LogP contribution in [0.3, 0.4) is 0 Å². The molecule has 1 aromatic heterocycles. The number of fused-ring (bicyclic) bond motifs is 2. The zero-order valence-electron chi connectivity index (χ0n) is 9.32. The van der Waals surface area contributed by atoms with E-state index in [9.17, 15) is 4.79 Å². The third-order valence-corrected chi connectivity index (χ3v) is 3.58. The highest BCUT2D eigenvalue weighted by molar-refractivity contribution is 5.66. The van der Waals surface area contributed by atoms with Crippen molar-refractivity contribution in [3.05, 3.63) is 24.4 Å². The molecule has 17 heavy (non-hydrogen) atoms. The lowest BCUT2D eigenvalue weighted by molar-refractivity contribution is 0.0662. The molecule has 1 saturated carbocycles. The maximum Gasteiger partial charge on any atom is 0.407 e. The standard InChI is InChI=1S/C12H14N2O3/c15-12(16)14-7-8-5-9(14)10(6-8)17-11-3-1-2-4-13-11/h1-4,8-10H,5-7H2,(H,15,16). The van der Waals surface area contributed by atoms with Crippen molar-refractivity contribution in [2.75, 3.05) is 6.54 Å². The highest BCUT2D eigenvalue weighted by Gasteiger charge is 2.48. The molecular weight excluding hydrogens is 220 g/mol. The van der Waals surface area contributed by atoms with Gasteiger partial charge in [-0.05, 0) is 24.8 Å². The van der Waals surface area contributed by atoms with Gasteiger partial charge in [-0.25, -0.2) is 9.78 Å². The van der Waals surface area contributed by atoms with Crippen molar-refractivity contribution >= 4 is 6.09 Å². The number of likely N-dealkylation sites (tertiary alicyclic amines) is 1. The normalized spacial score (nSPS) is 30.6. The number of piperidine rings is 1. The fraction of sp³-hybridized carbons (Fsp3) is 0.500. The van der Waals surface area contributed by atoms with Crippen LogP contribution in [0.1, 0.15) is 12.8 Å². The van der Waals surface area contributed by atoms with Crippen LogP contribution < -0.4 is 4.74 Å². The van der Waals surface area contributed by atoms with E-state index in [4.69, 9.17) is 9.84 Å². The van der Waals surface area contributed by atoms with Crippen LogP contribution in [0.25, 0.3) is 0 Å². The van der Waals surface area contributed by atoms with Crippen LogP contribution in [-0.4, -0.2) is 39.8 Å². The van der Waals surface area contributed by atoms with E-state index in [1.807, 2.05) is 12.1 Å². The average molecular weight is 234 g/mol. The molecule has 1 aliphatic carbocycles. The van der Waals surface area contributed by atoms with Crippen LogP contribution in [0.4, 0.5) is 4.79 Å². The molecule has 3 rings (SSSR count). The number of pyridine rings is 1. The van der Waals surface area contributed by atoms with Crippen LogP contribution in [0.5, 0.6) is 5.88 Å². The van der Waals surface area contributed by atoms with Gasteiger partial charge in [-0.2, -0.15) is 0 Å². The zero-order valence-corrected chi connectivity index (χ0v) is 9.32.